The lowest BCUT2D eigenvalue weighted by Gasteiger charge is -2.05. The van der Waals surface area contributed by atoms with Crippen LogP contribution in [0.2, 0.25) is 0 Å². The lowest BCUT2D eigenvalue weighted by atomic mass is 10.1. The van der Waals surface area contributed by atoms with E-state index in [4.69, 9.17) is 10.00 Å². The van der Waals surface area contributed by atoms with E-state index < -0.39 is 0 Å². The number of methoxy groups -OCH3 is 1. The molecule has 0 radical (unpaired) electrons. The van der Waals surface area contributed by atoms with Crippen molar-refractivity contribution in [1.29, 1.82) is 5.26 Å². The number of rotatable bonds is 3. The first-order valence-corrected chi connectivity index (χ1v) is 5.32. The highest BCUT2D eigenvalue weighted by Gasteiger charge is 2.12. The van der Waals surface area contributed by atoms with Gasteiger partial charge in [0.2, 0.25) is 0 Å². The number of nitrogens with zero attached hydrogens (tertiary/aromatic N) is 2. The molecular formula is C13H13N3O. The zero-order valence-electron chi connectivity index (χ0n) is 9.82. The van der Waals surface area contributed by atoms with Gasteiger partial charge in [0.15, 0.2) is 0 Å². The molecule has 0 saturated heterocycles. The quantitative estimate of drug-likeness (QED) is 0.876. The minimum Gasteiger partial charge on any atom is -0.496 e. The Bertz CT molecular complexity index is 566. The Morgan fingerprint density at radius 3 is 2.88 bits per heavy atom. The van der Waals surface area contributed by atoms with Gasteiger partial charge in [-0.25, -0.2) is 4.98 Å². The highest BCUT2D eigenvalue weighted by atomic mass is 16.5. The van der Waals surface area contributed by atoms with Crippen molar-refractivity contribution >= 4 is 0 Å². The number of nitriles is 1. The van der Waals surface area contributed by atoms with E-state index >= 15 is 0 Å². The van der Waals surface area contributed by atoms with Gasteiger partial charge in [0.05, 0.1) is 25.3 Å². The number of aryl methyl sites for hydroxylation is 1. The van der Waals surface area contributed by atoms with Crippen molar-refractivity contribution < 1.29 is 4.74 Å². The molecule has 0 fully saturated rings. The molecule has 0 aliphatic heterocycles. The molecule has 1 aromatic heterocycles. The van der Waals surface area contributed by atoms with Crippen molar-refractivity contribution in [3.05, 3.63) is 35.8 Å². The van der Waals surface area contributed by atoms with E-state index in [1.165, 1.54) is 0 Å². The van der Waals surface area contributed by atoms with Crippen LogP contribution in [0.5, 0.6) is 5.75 Å². The number of ether oxygens (including phenoxy) is 1. The maximum atomic E-state index is 8.66. The summed E-state index contributed by atoms with van der Waals surface area (Å²) in [4.78, 5) is 7.53. The van der Waals surface area contributed by atoms with Crippen molar-refractivity contribution in [2.75, 3.05) is 7.11 Å². The van der Waals surface area contributed by atoms with Crippen molar-refractivity contribution in [3.63, 3.8) is 0 Å². The predicted molar refractivity (Wildman–Crippen MR) is 64.6 cm³/mol. The Labute approximate surface area is 99.9 Å². The molecule has 4 heteroatoms. The van der Waals surface area contributed by atoms with Crippen LogP contribution in [-0.2, 0) is 6.42 Å². The molecule has 2 rings (SSSR count). The second-order valence-electron chi connectivity index (χ2n) is 3.69. The molecule has 17 heavy (non-hydrogen) atoms. The van der Waals surface area contributed by atoms with Gasteiger partial charge in [-0.05, 0) is 19.1 Å². The minimum absolute atomic E-state index is 0.288. The second-order valence-corrected chi connectivity index (χ2v) is 3.69. The Hall–Kier alpha value is -2.28. The summed E-state index contributed by atoms with van der Waals surface area (Å²) in [6, 6.07) is 9.79. The summed E-state index contributed by atoms with van der Waals surface area (Å²) < 4.78 is 5.31. The van der Waals surface area contributed by atoms with Crippen LogP contribution in [0.25, 0.3) is 11.3 Å². The van der Waals surface area contributed by atoms with Crippen LogP contribution < -0.4 is 4.74 Å². The third kappa shape index (κ3) is 2.13. The Balaban J connectivity index is 2.49. The Morgan fingerprint density at radius 1 is 1.41 bits per heavy atom. The molecule has 2 aromatic rings. The van der Waals surface area contributed by atoms with E-state index in [9.17, 15) is 0 Å². The van der Waals surface area contributed by atoms with Crippen LogP contribution in [-0.4, -0.2) is 17.1 Å². The van der Waals surface area contributed by atoms with Crippen molar-refractivity contribution in [2.45, 2.75) is 13.3 Å². The lowest BCUT2D eigenvalue weighted by molar-refractivity contribution is 0.416. The Kier molecular flexibility index (Phi) is 3.10. The van der Waals surface area contributed by atoms with Crippen LogP contribution in [0, 0.1) is 18.3 Å². The van der Waals surface area contributed by atoms with Crippen molar-refractivity contribution in [2.24, 2.45) is 0 Å². The molecule has 86 valence electrons. The summed E-state index contributed by atoms with van der Waals surface area (Å²) in [7, 11) is 1.64. The summed E-state index contributed by atoms with van der Waals surface area (Å²) in [5, 5.41) is 8.66. The van der Waals surface area contributed by atoms with E-state index in [-0.39, 0.29) is 6.42 Å². The monoisotopic (exact) mass is 227 g/mol. The second kappa shape index (κ2) is 4.71. The highest BCUT2D eigenvalue weighted by Crippen LogP contribution is 2.30. The van der Waals surface area contributed by atoms with Gasteiger partial charge in [0, 0.05) is 11.3 Å². The number of benzene rings is 1. The molecule has 1 N–H and O–H groups in total. The fourth-order valence-electron chi connectivity index (χ4n) is 1.78. The number of imidazole rings is 1. The van der Waals surface area contributed by atoms with E-state index in [1.807, 2.05) is 31.2 Å². The molecular weight excluding hydrogens is 214 g/mol. The zero-order chi connectivity index (χ0) is 12.3. The first kappa shape index (κ1) is 11.2. The van der Waals surface area contributed by atoms with E-state index in [2.05, 4.69) is 16.0 Å². The largest absolute Gasteiger partial charge is 0.496 e. The fourth-order valence-corrected chi connectivity index (χ4v) is 1.78. The molecule has 0 saturated carbocycles. The van der Waals surface area contributed by atoms with E-state index in [1.54, 1.807) is 7.11 Å². The van der Waals surface area contributed by atoms with Gasteiger partial charge in [0.25, 0.3) is 0 Å². The van der Waals surface area contributed by atoms with E-state index in [0.717, 1.165) is 22.7 Å². The summed E-state index contributed by atoms with van der Waals surface area (Å²) in [6.07, 6.45) is 0.288. The van der Waals surface area contributed by atoms with Crippen LogP contribution in [0.4, 0.5) is 0 Å². The normalized spacial score (nSPS) is 9.94. The van der Waals surface area contributed by atoms with Gasteiger partial charge in [-0.2, -0.15) is 5.26 Å². The number of hydrogen-bond acceptors (Lipinski definition) is 3. The summed E-state index contributed by atoms with van der Waals surface area (Å²) in [5.41, 5.74) is 2.72. The fraction of sp³-hybridized carbons (Fsp3) is 0.231. The summed E-state index contributed by atoms with van der Waals surface area (Å²) in [6.45, 7) is 1.94. The third-order valence-electron chi connectivity index (χ3n) is 2.54. The maximum absolute atomic E-state index is 8.66. The summed E-state index contributed by atoms with van der Waals surface area (Å²) >= 11 is 0. The first-order valence-electron chi connectivity index (χ1n) is 5.32. The van der Waals surface area contributed by atoms with Crippen LogP contribution in [0.3, 0.4) is 0 Å². The Morgan fingerprint density at radius 2 is 2.18 bits per heavy atom. The first-order chi connectivity index (χ1) is 8.26. The van der Waals surface area contributed by atoms with Gasteiger partial charge >= 0.3 is 0 Å². The number of hydrogen-bond donors (Lipinski definition) is 1. The minimum atomic E-state index is 0.288. The lowest BCUT2D eigenvalue weighted by Crippen LogP contribution is -1.89. The number of nitrogens with one attached hydrogen (secondary N) is 1. The number of aromatic amines is 1. The molecule has 1 aromatic carbocycles. The van der Waals surface area contributed by atoms with Crippen LogP contribution >= 0.6 is 0 Å². The number of H-pyrrole nitrogens is 1. The number of para-hydroxylation sites is 1. The molecule has 0 spiro atoms. The average Bonchev–Trinajstić information content (AvgIpc) is 2.70. The standard InChI is InChI=1S/C13H13N3O/c1-9-13(16-12(15-9)7-8-14)10-5-3-4-6-11(10)17-2/h3-6H,7H2,1-2H3,(H,15,16). The summed E-state index contributed by atoms with van der Waals surface area (Å²) in [5.74, 6) is 1.47. The maximum Gasteiger partial charge on any atom is 0.128 e. The molecule has 0 unspecified atom stereocenters. The average molecular weight is 227 g/mol. The molecule has 0 atom stereocenters. The van der Waals surface area contributed by atoms with Gasteiger partial charge in [-0.3, -0.25) is 0 Å². The van der Waals surface area contributed by atoms with Gasteiger partial charge in [-0.1, -0.05) is 12.1 Å². The topological polar surface area (TPSA) is 61.7 Å². The molecule has 0 bridgehead atoms. The molecule has 0 aliphatic carbocycles. The van der Waals surface area contributed by atoms with Gasteiger partial charge in [0.1, 0.15) is 11.6 Å². The zero-order valence-corrected chi connectivity index (χ0v) is 9.82. The SMILES string of the molecule is COc1ccccc1-c1nc(CC#N)[nH]c1C. The highest BCUT2D eigenvalue weighted by molar-refractivity contribution is 5.69. The molecule has 0 aliphatic rings. The predicted octanol–water partition coefficient (Wildman–Crippen LogP) is 2.46. The van der Waals surface area contributed by atoms with Gasteiger partial charge in [-0.15, -0.1) is 0 Å². The molecule has 1 heterocycles. The van der Waals surface area contributed by atoms with Crippen molar-refractivity contribution in [3.8, 4) is 23.1 Å². The molecule has 4 nitrogen and oxygen atoms in total. The third-order valence-corrected chi connectivity index (χ3v) is 2.54. The van der Waals surface area contributed by atoms with Gasteiger partial charge < -0.3 is 9.72 Å². The molecule has 0 amide bonds. The van der Waals surface area contributed by atoms with Crippen LogP contribution in [0.15, 0.2) is 24.3 Å². The smallest absolute Gasteiger partial charge is 0.128 e. The number of aromatic nitrogens is 2. The van der Waals surface area contributed by atoms with Crippen molar-refractivity contribution in [1.82, 2.24) is 9.97 Å². The van der Waals surface area contributed by atoms with E-state index in [0.29, 0.717) is 5.82 Å². The van der Waals surface area contributed by atoms with Crippen LogP contribution in [0.1, 0.15) is 11.5 Å².